The van der Waals surface area contributed by atoms with Crippen molar-refractivity contribution in [3.63, 3.8) is 0 Å². The monoisotopic (exact) mass is 265 g/mol. The van der Waals surface area contributed by atoms with Crippen LogP contribution in [0.25, 0.3) is 0 Å². The van der Waals surface area contributed by atoms with Crippen molar-refractivity contribution < 1.29 is 14.0 Å². The summed E-state index contributed by atoms with van der Waals surface area (Å²) in [5.41, 5.74) is 2.73. The molecule has 2 heterocycles. The summed E-state index contributed by atoms with van der Waals surface area (Å²) in [4.78, 5) is 25.3. The first-order valence-corrected chi connectivity index (χ1v) is 6.57. The van der Waals surface area contributed by atoms with E-state index in [0.29, 0.717) is 18.5 Å². The number of hydrazine groups is 1. The highest BCUT2D eigenvalue weighted by atomic mass is 16.3. The van der Waals surface area contributed by atoms with Crippen LogP contribution in [0.1, 0.15) is 48.2 Å². The fraction of sp³-hybridized carbons (Fsp3) is 0.538. The van der Waals surface area contributed by atoms with Gasteiger partial charge in [-0.3, -0.25) is 15.0 Å². The van der Waals surface area contributed by atoms with Crippen molar-refractivity contribution in [2.75, 3.05) is 6.54 Å². The Hall–Kier alpha value is -1.82. The van der Waals surface area contributed by atoms with Crippen molar-refractivity contribution in [1.29, 1.82) is 0 Å². The Kier molecular flexibility index (Phi) is 4.57. The van der Waals surface area contributed by atoms with Crippen molar-refractivity contribution in [2.45, 2.75) is 38.6 Å². The van der Waals surface area contributed by atoms with Gasteiger partial charge in [0.05, 0.1) is 6.26 Å². The minimum atomic E-state index is -0.473. The quantitative estimate of drug-likeness (QED) is 0.488. The summed E-state index contributed by atoms with van der Waals surface area (Å²) in [5, 5.41) is 0. The molecule has 2 amide bonds. The maximum Gasteiger partial charge on any atom is 0.301 e. The molecular weight excluding hydrogens is 246 g/mol. The van der Waals surface area contributed by atoms with Crippen molar-refractivity contribution in [3.8, 4) is 0 Å². The van der Waals surface area contributed by atoms with E-state index in [-0.39, 0.29) is 11.7 Å². The molecule has 1 aliphatic heterocycles. The summed E-state index contributed by atoms with van der Waals surface area (Å²) in [7, 11) is 0. The molecule has 1 aromatic rings. The maximum absolute atomic E-state index is 12.0. The van der Waals surface area contributed by atoms with Crippen molar-refractivity contribution in [1.82, 2.24) is 10.3 Å². The molecule has 0 atom stereocenters. The molecule has 3 N–H and O–H groups in total. The number of amides is 2. The van der Waals surface area contributed by atoms with Crippen LogP contribution >= 0.6 is 0 Å². The summed E-state index contributed by atoms with van der Waals surface area (Å²) >= 11 is 0. The van der Waals surface area contributed by atoms with Crippen LogP contribution in [0.3, 0.4) is 0 Å². The molecule has 104 valence electrons. The number of nitrogens with two attached hydrogens (primary N) is 1. The molecule has 1 saturated heterocycles. The lowest BCUT2D eigenvalue weighted by Crippen LogP contribution is -2.34. The molecule has 0 radical (unpaired) electrons. The number of hydrogen-bond donors (Lipinski definition) is 2. The summed E-state index contributed by atoms with van der Waals surface area (Å²) in [5.74, 6) is 4.94. The van der Waals surface area contributed by atoms with E-state index in [2.05, 4.69) is 0 Å². The zero-order valence-electron chi connectivity index (χ0n) is 10.9. The van der Waals surface area contributed by atoms with E-state index in [0.717, 1.165) is 32.2 Å². The summed E-state index contributed by atoms with van der Waals surface area (Å²) in [6, 6.07) is 1.70. The van der Waals surface area contributed by atoms with Crippen LogP contribution in [0.5, 0.6) is 0 Å². The third-order valence-electron chi connectivity index (χ3n) is 3.37. The SMILES string of the molecule is NNC(=O)c1occc1CN1CCCCCCC1=O. The van der Waals surface area contributed by atoms with E-state index in [1.807, 2.05) is 5.43 Å². The van der Waals surface area contributed by atoms with Gasteiger partial charge >= 0.3 is 5.91 Å². The van der Waals surface area contributed by atoms with Crippen LogP contribution in [0.15, 0.2) is 16.7 Å². The Labute approximate surface area is 111 Å². The van der Waals surface area contributed by atoms with Crippen molar-refractivity contribution >= 4 is 11.8 Å². The molecule has 0 unspecified atom stereocenters. The van der Waals surface area contributed by atoms with Gasteiger partial charge in [0.2, 0.25) is 5.91 Å². The highest BCUT2D eigenvalue weighted by Gasteiger charge is 2.20. The molecule has 1 fully saturated rings. The highest BCUT2D eigenvalue weighted by Crippen LogP contribution is 2.17. The smallest absolute Gasteiger partial charge is 0.301 e. The van der Waals surface area contributed by atoms with Gasteiger partial charge in [0.15, 0.2) is 5.76 Å². The van der Waals surface area contributed by atoms with Gasteiger partial charge in [-0.1, -0.05) is 12.8 Å². The molecule has 6 heteroatoms. The predicted molar refractivity (Wildman–Crippen MR) is 68.9 cm³/mol. The first-order valence-electron chi connectivity index (χ1n) is 6.57. The molecule has 1 aliphatic rings. The highest BCUT2D eigenvalue weighted by molar-refractivity contribution is 5.92. The Balaban J connectivity index is 2.08. The maximum atomic E-state index is 12.0. The topological polar surface area (TPSA) is 88.6 Å². The fourth-order valence-corrected chi connectivity index (χ4v) is 2.31. The minimum Gasteiger partial charge on any atom is -0.459 e. The normalized spacial score (nSPS) is 16.9. The number of furan rings is 1. The van der Waals surface area contributed by atoms with Crippen LogP contribution in [-0.4, -0.2) is 23.3 Å². The lowest BCUT2D eigenvalue weighted by atomic mass is 10.1. The number of carbonyl (C=O) groups excluding carboxylic acids is 2. The molecule has 2 rings (SSSR count). The van der Waals surface area contributed by atoms with Crippen molar-refractivity contribution in [3.05, 3.63) is 23.7 Å². The van der Waals surface area contributed by atoms with Gasteiger partial charge in [-0.15, -0.1) is 0 Å². The van der Waals surface area contributed by atoms with E-state index in [9.17, 15) is 9.59 Å². The van der Waals surface area contributed by atoms with Gasteiger partial charge in [0.1, 0.15) is 0 Å². The van der Waals surface area contributed by atoms with Gasteiger partial charge in [-0.25, -0.2) is 5.84 Å². The second-order valence-electron chi connectivity index (χ2n) is 4.73. The van der Waals surface area contributed by atoms with E-state index in [4.69, 9.17) is 10.3 Å². The van der Waals surface area contributed by atoms with Gasteiger partial charge in [-0.05, 0) is 18.9 Å². The van der Waals surface area contributed by atoms with E-state index in [1.165, 1.54) is 6.26 Å². The zero-order chi connectivity index (χ0) is 13.7. The molecule has 0 aliphatic carbocycles. The van der Waals surface area contributed by atoms with Crippen LogP contribution < -0.4 is 11.3 Å². The summed E-state index contributed by atoms with van der Waals surface area (Å²) in [6.45, 7) is 1.13. The Morgan fingerprint density at radius 3 is 2.95 bits per heavy atom. The molecule has 0 saturated carbocycles. The lowest BCUT2D eigenvalue weighted by Gasteiger charge is -2.24. The number of carbonyl (C=O) groups is 2. The Morgan fingerprint density at radius 2 is 2.16 bits per heavy atom. The number of hydrogen-bond acceptors (Lipinski definition) is 4. The van der Waals surface area contributed by atoms with Gasteiger partial charge in [-0.2, -0.15) is 0 Å². The molecule has 6 nitrogen and oxygen atoms in total. The van der Waals surface area contributed by atoms with Crippen molar-refractivity contribution in [2.24, 2.45) is 5.84 Å². The first-order chi connectivity index (χ1) is 9.22. The number of rotatable bonds is 3. The average Bonchev–Trinajstić information content (AvgIpc) is 2.86. The second-order valence-corrected chi connectivity index (χ2v) is 4.73. The lowest BCUT2D eigenvalue weighted by molar-refractivity contribution is -0.132. The minimum absolute atomic E-state index is 0.139. The van der Waals surface area contributed by atoms with Crippen LogP contribution in [-0.2, 0) is 11.3 Å². The standard InChI is InChI=1S/C13H19N3O3/c14-15-13(18)12-10(6-8-19-12)9-16-7-4-2-1-3-5-11(16)17/h6,8H,1-5,7,9,14H2,(H,15,18). The number of likely N-dealkylation sites (tertiary alicyclic amines) is 1. The van der Waals surface area contributed by atoms with Crippen LogP contribution in [0, 0.1) is 0 Å². The van der Waals surface area contributed by atoms with E-state index >= 15 is 0 Å². The molecule has 0 aromatic carbocycles. The number of nitrogens with one attached hydrogen (secondary N) is 1. The molecule has 19 heavy (non-hydrogen) atoms. The molecule has 1 aromatic heterocycles. The Morgan fingerprint density at radius 1 is 1.37 bits per heavy atom. The van der Waals surface area contributed by atoms with E-state index in [1.54, 1.807) is 11.0 Å². The predicted octanol–water partition coefficient (Wildman–Crippen LogP) is 1.18. The largest absolute Gasteiger partial charge is 0.459 e. The Bertz CT molecular complexity index is 456. The van der Waals surface area contributed by atoms with Crippen LogP contribution in [0.2, 0.25) is 0 Å². The number of nitrogens with zero attached hydrogens (tertiary/aromatic N) is 1. The third-order valence-corrected chi connectivity index (χ3v) is 3.37. The van der Waals surface area contributed by atoms with Gasteiger partial charge in [0, 0.05) is 25.1 Å². The fourth-order valence-electron chi connectivity index (χ4n) is 2.31. The average molecular weight is 265 g/mol. The first kappa shape index (κ1) is 13.6. The summed E-state index contributed by atoms with van der Waals surface area (Å²) in [6.07, 6.45) is 6.22. The molecular formula is C13H19N3O3. The molecule has 0 bridgehead atoms. The van der Waals surface area contributed by atoms with Crippen LogP contribution in [0.4, 0.5) is 0 Å². The van der Waals surface area contributed by atoms with Gasteiger partial charge in [0.25, 0.3) is 0 Å². The molecule has 0 spiro atoms. The third kappa shape index (κ3) is 3.35. The number of nitrogen functional groups attached to an aromatic ring is 1. The van der Waals surface area contributed by atoms with Gasteiger partial charge < -0.3 is 9.32 Å². The van der Waals surface area contributed by atoms with E-state index < -0.39 is 5.91 Å². The zero-order valence-corrected chi connectivity index (χ0v) is 10.9. The summed E-state index contributed by atoms with van der Waals surface area (Å²) < 4.78 is 5.12. The second kappa shape index (κ2) is 6.38.